The number of rotatable bonds is 6. The summed E-state index contributed by atoms with van der Waals surface area (Å²) in [6.07, 6.45) is 3.75. The second-order valence-electron chi connectivity index (χ2n) is 5.22. The number of carbonyl (C=O) groups is 2. The maximum atomic E-state index is 12.8. The molecule has 0 saturated heterocycles. The van der Waals surface area contributed by atoms with E-state index in [4.69, 9.17) is 5.73 Å². The second kappa shape index (κ2) is 7.10. The maximum Gasteiger partial charge on any atom is 0.253 e. The highest BCUT2D eigenvalue weighted by atomic mass is 32.1. The molecule has 0 bridgehead atoms. The number of amides is 2. The maximum absolute atomic E-state index is 12.8. The zero-order valence-electron chi connectivity index (χ0n) is 12.8. The van der Waals surface area contributed by atoms with Crippen molar-refractivity contribution < 1.29 is 9.59 Å². The Hall–Kier alpha value is -2.93. The van der Waals surface area contributed by atoms with E-state index in [9.17, 15) is 9.59 Å². The molecule has 24 heavy (non-hydrogen) atoms. The molecule has 0 radical (unpaired) electrons. The van der Waals surface area contributed by atoms with Gasteiger partial charge in [-0.05, 0) is 17.7 Å². The Morgan fingerprint density at radius 2 is 1.88 bits per heavy atom. The van der Waals surface area contributed by atoms with Crippen LogP contribution in [-0.4, -0.2) is 21.4 Å². The molecule has 0 fully saturated rings. The molecule has 0 spiro atoms. The minimum absolute atomic E-state index is 0.0616. The first-order valence-corrected chi connectivity index (χ1v) is 8.22. The predicted octanol–water partition coefficient (Wildman–Crippen LogP) is 2.20. The van der Waals surface area contributed by atoms with Gasteiger partial charge in [0.05, 0.1) is 12.1 Å². The fourth-order valence-corrected chi connectivity index (χ4v) is 3.13. The van der Waals surface area contributed by atoms with Crippen LogP contribution in [0.2, 0.25) is 0 Å². The SMILES string of the molecule is NC(=O)Cc1csc(NC(=O)[C@@H](c2ccccc2)n2cccc2)n1. The van der Waals surface area contributed by atoms with Crippen LogP contribution in [-0.2, 0) is 16.0 Å². The lowest BCUT2D eigenvalue weighted by Gasteiger charge is -2.18. The van der Waals surface area contributed by atoms with E-state index < -0.39 is 11.9 Å². The van der Waals surface area contributed by atoms with E-state index in [1.165, 1.54) is 11.3 Å². The average Bonchev–Trinajstić information content (AvgIpc) is 3.21. The standard InChI is InChI=1S/C17H16N4O2S/c18-14(22)10-13-11-24-17(19-13)20-16(23)15(21-8-4-5-9-21)12-6-2-1-3-7-12/h1-9,11,15H,10H2,(H2,18,22)(H,19,20,23)/t15-/m1/s1. The molecule has 2 aromatic heterocycles. The van der Waals surface area contributed by atoms with Crippen LogP contribution in [0.1, 0.15) is 17.3 Å². The van der Waals surface area contributed by atoms with Gasteiger partial charge in [0.25, 0.3) is 5.91 Å². The highest BCUT2D eigenvalue weighted by Crippen LogP contribution is 2.22. The zero-order chi connectivity index (χ0) is 16.9. The summed E-state index contributed by atoms with van der Waals surface area (Å²) in [7, 11) is 0. The van der Waals surface area contributed by atoms with Gasteiger partial charge in [-0.25, -0.2) is 4.98 Å². The Labute approximate surface area is 142 Å². The van der Waals surface area contributed by atoms with E-state index in [2.05, 4.69) is 10.3 Å². The molecule has 2 amide bonds. The summed E-state index contributed by atoms with van der Waals surface area (Å²) in [6, 6.07) is 12.8. The lowest BCUT2D eigenvalue weighted by Crippen LogP contribution is -2.26. The smallest absolute Gasteiger partial charge is 0.253 e. The summed E-state index contributed by atoms with van der Waals surface area (Å²) in [4.78, 5) is 28.0. The molecular formula is C17H16N4O2S. The first-order chi connectivity index (χ1) is 11.6. The minimum atomic E-state index is -0.496. The number of aromatic nitrogens is 2. The van der Waals surface area contributed by atoms with Crippen molar-refractivity contribution in [2.75, 3.05) is 5.32 Å². The van der Waals surface area contributed by atoms with Gasteiger partial charge < -0.3 is 10.3 Å². The molecule has 1 aromatic carbocycles. The summed E-state index contributed by atoms with van der Waals surface area (Å²) in [5.41, 5.74) is 6.59. The van der Waals surface area contributed by atoms with Crippen molar-refractivity contribution >= 4 is 28.3 Å². The number of hydrogen-bond acceptors (Lipinski definition) is 4. The van der Waals surface area contributed by atoms with Gasteiger partial charge in [0.15, 0.2) is 5.13 Å². The number of benzene rings is 1. The summed E-state index contributed by atoms with van der Waals surface area (Å²) < 4.78 is 1.84. The largest absolute Gasteiger partial charge is 0.369 e. The molecular weight excluding hydrogens is 324 g/mol. The Morgan fingerprint density at radius 3 is 2.54 bits per heavy atom. The van der Waals surface area contributed by atoms with Crippen molar-refractivity contribution in [3.8, 4) is 0 Å². The van der Waals surface area contributed by atoms with Crippen LogP contribution in [0.15, 0.2) is 60.2 Å². The van der Waals surface area contributed by atoms with Gasteiger partial charge in [0.2, 0.25) is 5.91 Å². The number of nitrogens with one attached hydrogen (secondary N) is 1. The number of nitrogens with zero attached hydrogens (tertiary/aromatic N) is 2. The van der Waals surface area contributed by atoms with Crippen molar-refractivity contribution in [2.24, 2.45) is 5.73 Å². The van der Waals surface area contributed by atoms with Crippen LogP contribution in [0.4, 0.5) is 5.13 Å². The van der Waals surface area contributed by atoms with Crippen molar-refractivity contribution in [2.45, 2.75) is 12.5 Å². The number of thiazole rings is 1. The van der Waals surface area contributed by atoms with Crippen LogP contribution in [0.25, 0.3) is 0 Å². The lowest BCUT2D eigenvalue weighted by molar-refractivity contribution is -0.118. The van der Waals surface area contributed by atoms with Gasteiger partial charge in [-0.15, -0.1) is 11.3 Å². The molecule has 3 N–H and O–H groups in total. The van der Waals surface area contributed by atoms with Crippen LogP contribution in [0.3, 0.4) is 0 Å². The first-order valence-electron chi connectivity index (χ1n) is 7.34. The Balaban J connectivity index is 1.82. The molecule has 6 nitrogen and oxygen atoms in total. The molecule has 3 rings (SSSR count). The van der Waals surface area contributed by atoms with Crippen LogP contribution in [0.5, 0.6) is 0 Å². The highest BCUT2D eigenvalue weighted by Gasteiger charge is 2.22. The molecule has 7 heteroatoms. The molecule has 0 aliphatic rings. The van der Waals surface area contributed by atoms with Gasteiger partial charge in [-0.3, -0.25) is 14.9 Å². The molecule has 3 aromatic rings. The lowest BCUT2D eigenvalue weighted by atomic mass is 10.1. The summed E-state index contributed by atoms with van der Waals surface area (Å²) in [5.74, 6) is -0.648. The number of carbonyl (C=O) groups excluding carboxylic acids is 2. The number of anilines is 1. The third-order valence-electron chi connectivity index (χ3n) is 3.43. The number of primary amides is 1. The van der Waals surface area contributed by atoms with E-state index in [0.717, 1.165) is 5.56 Å². The quantitative estimate of drug-likeness (QED) is 0.721. The van der Waals surface area contributed by atoms with Crippen molar-refractivity contribution in [3.63, 3.8) is 0 Å². The zero-order valence-corrected chi connectivity index (χ0v) is 13.6. The molecule has 0 saturated carbocycles. The van der Waals surface area contributed by atoms with Crippen molar-refractivity contribution in [1.82, 2.24) is 9.55 Å². The molecule has 0 unspecified atom stereocenters. The van der Waals surface area contributed by atoms with Gasteiger partial charge in [-0.2, -0.15) is 0 Å². The van der Waals surface area contributed by atoms with Gasteiger partial charge in [-0.1, -0.05) is 30.3 Å². The molecule has 122 valence electrons. The van der Waals surface area contributed by atoms with Crippen molar-refractivity contribution in [3.05, 3.63) is 71.5 Å². The van der Waals surface area contributed by atoms with E-state index in [0.29, 0.717) is 10.8 Å². The second-order valence-corrected chi connectivity index (χ2v) is 6.08. The predicted molar refractivity (Wildman–Crippen MR) is 92.7 cm³/mol. The van der Waals surface area contributed by atoms with E-state index in [1.807, 2.05) is 59.4 Å². The van der Waals surface area contributed by atoms with Crippen LogP contribution in [0, 0.1) is 0 Å². The molecule has 1 atom stereocenters. The molecule has 2 heterocycles. The Kier molecular flexibility index (Phi) is 4.72. The van der Waals surface area contributed by atoms with Crippen molar-refractivity contribution in [1.29, 1.82) is 0 Å². The Morgan fingerprint density at radius 1 is 1.17 bits per heavy atom. The fourth-order valence-electron chi connectivity index (χ4n) is 2.41. The van der Waals surface area contributed by atoms with Gasteiger partial charge in [0, 0.05) is 17.8 Å². The third kappa shape index (κ3) is 3.69. The number of nitrogens with two attached hydrogens (primary N) is 1. The average molecular weight is 340 g/mol. The topological polar surface area (TPSA) is 90.0 Å². The Bertz CT molecular complexity index is 827. The highest BCUT2D eigenvalue weighted by molar-refractivity contribution is 7.13. The van der Waals surface area contributed by atoms with E-state index in [1.54, 1.807) is 5.38 Å². The first kappa shape index (κ1) is 15.9. The van der Waals surface area contributed by atoms with Crippen LogP contribution < -0.4 is 11.1 Å². The summed E-state index contributed by atoms with van der Waals surface area (Å²) in [5, 5.41) is 4.98. The minimum Gasteiger partial charge on any atom is -0.369 e. The fraction of sp³-hybridized carbons (Fsp3) is 0.118. The monoisotopic (exact) mass is 340 g/mol. The third-order valence-corrected chi connectivity index (χ3v) is 4.23. The summed E-state index contributed by atoms with van der Waals surface area (Å²) >= 11 is 1.27. The van der Waals surface area contributed by atoms with Gasteiger partial charge >= 0.3 is 0 Å². The van der Waals surface area contributed by atoms with E-state index >= 15 is 0 Å². The van der Waals surface area contributed by atoms with E-state index in [-0.39, 0.29) is 12.3 Å². The van der Waals surface area contributed by atoms with Crippen LogP contribution >= 0.6 is 11.3 Å². The summed E-state index contributed by atoms with van der Waals surface area (Å²) in [6.45, 7) is 0. The van der Waals surface area contributed by atoms with Gasteiger partial charge in [0.1, 0.15) is 6.04 Å². The molecule has 0 aliphatic heterocycles. The molecule has 0 aliphatic carbocycles. The normalized spacial score (nSPS) is 11.8. The number of hydrogen-bond donors (Lipinski definition) is 2.